The second-order valence-electron chi connectivity index (χ2n) is 2.65. The molecule has 84 valence electrons. The highest BCUT2D eigenvalue weighted by molar-refractivity contribution is 9.08. The maximum Gasteiger partial charge on any atom is 0.573 e. The normalized spacial score (nSPS) is 11.5. The molecule has 1 rings (SSSR count). The van der Waals surface area contributed by atoms with Crippen molar-refractivity contribution in [3.63, 3.8) is 0 Å². The van der Waals surface area contributed by atoms with Crippen LogP contribution in [0, 0.1) is 5.82 Å². The van der Waals surface area contributed by atoms with E-state index in [2.05, 4.69) is 20.7 Å². The van der Waals surface area contributed by atoms with Crippen molar-refractivity contribution in [2.45, 2.75) is 11.7 Å². The van der Waals surface area contributed by atoms with Gasteiger partial charge in [-0.05, 0) is 6.07 Å². The van der Waals surface area contributed by atoms with Gasteiger partial charge in [0, 0.05) is 22.6 Å². The van der Waals surface area contributed by atoms with Crippen LogP contribution in [0.5, 0.6) is 5.75 Å². The molecule has 2 N–H and O–H groups in total. The maximum atomic E-state index is 12.8. The second-order valence-corrected chi connectivity index (χ2v) is 3.21. The highest BCUT2D eigenvalue weighted by Crippen LogP contribution is 2.32. The maximum absolute atomic E-state index is 12.8. The van der Waals surface area contributed by atoms with Gasteiger partial charge in [-0.1, -0.05) is 15.9 Å². The first-order chi connectivity index (χ1) is 6.83. The van der Waals surface area contributed by atoms with Crippen LogP contribution >= 0.6 is 15.9 Å². The molecular weight excluding hydrogens is 282 g/mol. The van der Waals surface area contributed by atoms with Crippen molar-refractivity contribution in [2.75, 3.05) is 5.73 Å². The molecule has 7 heteroatoms. The van der Waals surface area contributed by atoms with Gasteiger partial charge in [0.15, 0.2) is 0 Å². The van der Waals surface area contributed by atoms with Gasteiger partial charge in [0.1, 0.15) is 11.6 Å². The van der Waals surface area contributed by atoms with E-state index in [1.165, 1.54) is 0 Å². The molecule has 15 heavy (non-hydrogen) atoms. The van der Waals surface area contributed by atoms with Crippen molar-refractivity contribution >= 4 is 21.6 Å². The van der Waals surface area contributed by atoms with Crippen molar-refractivity contribution < 1.29 is 22.3 Å². The molecule has 1 aromatic carbocycles. The van der Waals surface area contributed by atoms with Crippen LogP contribution in [0.4, 0.5) is 23.2 Å². The Labute approximate surface area is 91.1 Å². The summed E-state index contributed by atoms with van der Waals surface area (Å²) in [6.07, 6.45) is -4.86. The third-order valence-electron chi connectivity index (χ3n) is 1.57. The Morgan fingerprint density at radius 2 is 1.93 bits per heavy atom. The lowest BCUT2D eigenvalue weighted by Gasteiger charge is -2.13. The Hall–Kier alpha value is -0.980. The van der Waals surface area contributed by atoms with E-state index in [4.69, 9.17) is 5.73 Å². The molecule has 0 aliphatic heterocycles. The quantitative estimate of drug-likeness (QED) is 0.515. The molecule has 0 amide bonds. The van der Waals surface area contributed by atoms with Crippen LogP contribution < -0.4 is 10.5 Å². The summed E-state index contributed by atoms with van der Waals surface area (Å²) >= 11 is 2.94. The van der Waals surface area contributed by atoms with Gasteiger partial charge in [-0.15, -0.1) is 13.2 Å². The van der Waals surface area contributed by atoms with Crippen LogP contribution in [0.2, 0.25) is 0 Å². The molecule has 0 aromatic heterocycles. The van der Waals surface area contributed by atoms with Crippen molar-refractivity contribution in [1.82, 2.24) is 0 Å². The number of alkyl halides is 4. The SMILES string of the molecule is Nc1cc(F)cc(OC(F)(F)F)c1CBr. The summed E-state index contributed by atoms with van der Waals surface area (Å²) in [6, 6.07) is 1.57. The number of anilines is 1. The molecule has 0 radical (unpaired) electrons. The summed E-state index contributed by atoms with van der Waals surface area (Å²) < 4.78 is 52.2. The fourth-order valence-corrected chi connectivity index (χ4v) is 1.59. The molecular formula is C8H6BrF4NO. The molecule has 0 unspecified atom stereocenters. The fraction of sp³-hybridized carbons (Fsp3) is 0.250. The van der Waals surface area contributed by atoms with Crippen LogP contribution in [0.25, 0.3) is 0 Å². The first-order valence-corrected chi connectivity index (χ1v) is 4.85. The summed E-state index contributed by atoms with van der Waals surface area (Å²) in [5.74, 6) is -1.51. The van der Waals surface area contributed by atoms with E-state index in [9.17, 15) is 17.6 Å². The first-order valence-electron chi connectivity index (χ1n) is 3.73. The van der Waals surface area contributed by atoms with E-state index >= 15 is 0 Å². The van der Waals surface area contributed by atoms with Crippen molar-refractivity contribution in [1.29, 1.82) is 0 Å². The second kappa shape index (κ2) is 4.26. The standard InChI is InChI=1S/C8H6BrF4NO/c9-3-5-6(14)1-4(10)2-7(5)15-8(11,12)13/h1-2H,3,14H2. The molecule has 0 spiro atoms. The Morgan fingerprint density at radius 1 is 1.33 bits per heavy atom. The number of hydrogen-bond acceptors (Lipinski definition) is 2. The fourth-order valence-electron chi connectivity index (χ4n) is 0.991. The number of hydrogen-bond donors (Lipinski definition) is 1. The Kier molecular flexibility index (Phi) is 3.43. The Balaban J connectivity index is 3.15. The van der Waals surface area contributed by atoms with E-state index in [-0.39, 0.29) is 16.6 Å². The predicted molar refractivity (Wildman–Crippen MR) is 50.1 cm³/mol. The predicted octanol–water partition coefficient (Wildman–Crippen LogP) is 3.20. The van der Waals surface area contributed by atoms with Crippen LogP contribution in [-0.4, -0.2) is 6.36 Å². The molecule has 0 aliphatic rings. The average molecular weight is 288 g/mol. The van der Waals surface area contributed by atoms with E-state index in [0.717, 1.165) is 6.07 Å². The Morgan fingerprint density at radius 3 is 2.40 bits per heavy atom. The van der Waals surface area contributed by atoms with Crippen LogP contribution in [0.1, 0.15) is 5.56 Å². The molecule has 0 atom stereocenters. The highest BCUT2D eigenvalue weighted by Gasteiger charge is 2.32. The summed E-state index contributed by atoms with van der Waals surface area (Å²) in [7, 11) is 0. The minimum absolute atomic E-state index is 0.0462. The molecule has 0 saturated heterocycles. The lowest BCUT2D eigenvalue weighted by molar-refractivity contribution is -0.274. The third-order valence-corrected chi connectivity index (χ3v) is 2.13. The third kappa shape index (κ3) is 3.26. The zero-order chi connectivity index (χ0) is 11.6. The lowest BCUT2D eigenvalue weighted by Crippen LogP contribution is -2.18. The van der Waals surface area contributed by atoms with Crippen molar-refractivity contribution in [2.24, 2.45) is 0 Å². The number of benzene rings is 1. The molecule has 0 aliphatic carbocycles. The minimum Gasteiger partial charge on any atom is -0.405 e. The largest absolute Gasteiger partial charge is 0.573 e. The molecule has 0 saturated carbocycles. The van der Waals surface area contributed by atoms with Gasteiger partial charge in [-0.25, -0.2) is 4.39 Å². The van der Waals surface area contributed by atoms with Gasteiger partial charge in [0.2, 0.25) is 0 Å². The first kappa shape index (κ1) is 12.1. The van der Waals surface area contributed by atoms with E-state index in [0.29, 0.717) is 6.07 Å². The van der Waals surface area contributed by atoms with Crippen molar-refractivity contribution in [3.8, 4) is 5.75 Å². The van der Waals surface area contributed by atoms with E-state index in [1.807, 2.05) is 0 Å². The number of rotatable bonds is 2. The van der Waals surface area contributed by atoms with Crippen LogP contribution in [-0.2, 0) is 5.33 Å². The van der Waals surface area contributed by atoms with Crippen molar-refractivity contribution in [3.05, 3.63) is 23.5 Å². The zero-order valence-electron chi connectivity index (χ0n) is 7.24. The number of ether oxygens (including phenoxy) is 1. The van der Waals surface area contributed by atoms with Gasteiger partial charge >= 0.3 is 6.36 Å². The average Bonchev–Trinajstić information content (AvgIpc) is 1.99. The highest BCUT2D eigenvalue weighted by atomic mass is 79.9. The molecule has 1 aromatic rings. The molecule has 0 bridgehead atoms. The van der Waals surface area contributed by atoms with E-state index in [1.54, 1.807) is 0 Å². The van der Waals surface area contributed by atoms with Gasteiger partial charge in [0.25, 0.3) is 0 Å². The van der Waals surface area contributed by atoms with Gasteiger partial charge in [-0.3, -0.25) is 0 Å². The molecule has 0 fully saturated rings. The number of nitrogens with two attached hydrogens (primary N) is 1. The van der Waals surface area contributed by atoms with Gasteiger partial charge < -0.3 is 10.5 Å². The van der Waals surface area contributed by atoms with E-state index < -0.39 is 17.9 Å². The number of halogens is 5. The summed E-state index contributed by atoms with van der Waals surface area (Å²) in [4.78, 5) is 0. The minimum atomic E-state index is -4.86. The van der Waals surface area contributed by atoms with Gasteiger partial charge in [0.05, 0.1) is 0 Å². The summed E-state index contributed by atoms with van der Waals surface area (Å²) in [5, 5.41) is 0.0462. The van der Waals surface area contributed by atoms with Gasteiger partial charge in [-0.2, -0.15) is 0 Å². The monoisotopic (exact) mass is 287 g/mol. The number of nitrogen functional groups attached to an aromatic ring is 1. The Bertz CT molecular complexity index is 366. The van der Waals surface area contributed by atoms with Crippen LogP contribution in [0.3, 0.4) is 0 Å². The summed E-state index contributed by atoms with van der Waals surface area (Å²) in [5.41, 5.74) is 5.31. The zero-order valence-corrected chi connectivity index (χ0v) is 8.82. The lowest BCUT2D eigenvalue weighted by atomic mass is 10.2. The topological polar surface area (TPSA) is 35.2 Å². The van der Waals surface area contributed by atoms with Crippen LogP contribution in [0.15, 0.2) is 12.1 Å². The summed E-state index contributed by atoms with van der Waals surface area (Å²) in [6.45, 7) is 0. The smallest absolute Gasteiger partial charge is 0.405 e. The molecule has 2 nitrogen and oxygen atoms in total. The molecule has 0 heterocycles.